The molecule has 5 nitrogen and oxygen atoms in total. The molecule has 0 spiro atoms. The van der Waals surface area contributed by atoms with Gasteiger partial charge in [-0.2, -0.15) is 13.2 Å². The number of hydrogen-bond donors (Lipinski definition) is 0. The number of alkyl halides is 3. The maximum Gasteiger partial charge on any atom is 0.417 e. The molecule has 0 radical (unpaired) electrons. The molecule has 9 heteroatoms. The zero-order valence-corrected chi connectivity index (χ0v) is 15.0. The summed E-state index contributed by atoms with van der Waals surface area (Å²) in [5, 5.41) is 0. The Hall–Kier alpha value is -2.68. The van der Waals surface area contributed by atoms with Gasteiger partial charge in [-0.3, -0.25) is 4.90 Å². The molecule has 0 aliphatic carbocycles. The summed E-state index contributed by atoms with van der Waals surface area (Å²) in [4.78, 5) is 12.5. The van der Waals surface area contributed by atoms with E-state index < -0.39 is 11.7 Å². The second kappa shape index (κ2) is 7.38. The molecule has 1 aromatic carbocycles. The van der Waals surface area contributed by atoms with Gasteiger partial charge in [0.1, 0.15) is 11.6 Å². The molecule has 28 heavy (non-hydrogen) atoms. The molecule has 1 aliphatic heterocycles. The molecule has 0 saturated carbocycles. The van der Waals surface area contributed by atoms with E-state index in [9.17, 15) is 17.6 Å². The van der Waals surface area contributed by atoms with Crippen LogP contribution in [0.25, 0.3) is 11.0 Å². The Kier molecular flexibility index (Phi) is 4.92. The molecule has 0 unspecified atom stereocenters. The minimum absolute atomic E-state index is 0.300. The minimum atomic E-state index is -4.37. The molecule has 0 amide bonds. The number of aromatic nitrogens is 3. The lowest BCUT2D eigenvalue weighted by molar-refractivity contribution is -0.137. The van der Waals surface area contributed by atoms with Crippen molar-refractivity contribution >= 4 is 16.9 Å². The lowest BCUT2D eigenvalue weighted by Gasteiger charge is -2.35. The summed E-state index contributed by atoms with van der Waals surface area (Å²) in [6, 6.07) is 7.07. The van der Waals surface area contributed by atoms with Crippen molar-refractivity contribution in [2.45, 2.75) is 12.7 Å². The van der Waals surface area contributed by atoms with Gasteiger partial charge < -0.3 is 9.47 Å². The molecule has 1 aliphatic rings. The summed E-state index contributed by atoms with van der Waals surface area (Å²) < 4.78 is 53.2. The maximum atomic E-state index is 13.3. The van der Waals surface area contributed by atoms with Crippen LogP contribution in [0.5, 0.6) is 0 Å². The first-order chi connectivity index (χ1) is 13.4. The highest BCUT2D eigenvalue weighted by molar-refractivity contribution is 5.75. The van der Waals surface area contributed by atoms with Crippen LogP contribution in [0.4, 0.5) is 23.4 Å². The van der Waals surface area contributed by atoms with E-state index in [2.05, 4.69) is 14.9 Å². The smallest absolute Gasteiger partial charge is 0.354 e. The van der Waals surface area contributed by atoms with E-state index in [4.69, 9.17) is 0 Å². The predicted octanol–water partition coefficient (Wildman–Crippen LogP) is 3.41. The first-order valence-corrected chi connectivity index (χ1v) is 9.01. The van der Waals surface area contributed by atoms with Crippen molar-refractivity contribution in [2.75, 3.05) is 37.6 Å². The number of rotatable bonds is 4. The molecule has 0 bridgehead atoms. The number of pyridine rings is 1. The molecule has 3 heterocycles. The fraction of sp³-hybridized carbons (Fsp3) is 0.368. The van der Waals surface area contributed by atoms with Crippen LogP contribution in [0, 0.1) is 5.82 Å². The number of benzene rings is 1. The van der Waals surface area contributed by atoms with Gasteiger partial charge in [-0.1, -0.05) is 0 Å². The normalized spacial score (nSPS) is 16.1. The van der Waals surface area contributed by atoms with Crippen molar-refractivity contribution in [3.63, 3.8) is 0 Å². The Bertz CT molecular complexity index is 943. The highest BCUT2D eigenvalue weighted by atomic mass is 19.4. The van der Waals surface area contributed by atoms with Crippen LogP contribution in [0.2, 0.25) is 0 Å². The van der Waals surface area contributed by atoms with Gasteiger partial charge in [-0.05, 0) is 24.3 Å². The van der Waals surface area contributed by atoms with Gasteiger partial charge >= 0.3 is 6.18 Å². The zero-order valence-electron chi connectivity index (χ0n) is 15.0. The van der Waals surface area contributed by atoms with Crippen LogP contribution in [0.15, 0.2) is 42.9 Å². The van der Waals surface area contributed by atoms with Crippen molar-refractivity contribution in [3.8, 4) is 0 Å². The quantitative estimate of drug-likeness (QED) is 0.637. The van der Waals surface area contributed by atoms with Gasteiger partial charge in [0.15, 0.2) is 0 Å². The summed E-state index contributed by atoms with van der Waals surface area (Å²) in [5.74, 6) is 0.265. The summed E-state index contributed by atoms with van der Waals surface area (Å²) in [6.07, 6.45) is -1.77. The topological polar surface area (TPSA) is 37.2 Å². The number of nitrogens with zero attached hydrogens (tertiary/aromatic N) is 5. The number of hydrogen-bond acceptors (Lipinski definition) is 4. The molecular weight excluding hydrogens is 374 g/mol. The number of imidazole rings is 1. The highest BCUT2D eigenvalue weighted by Crippen LogP contribution is 2.29. The van der Waals surface area contributed by atoms with Crippen LogP contribution >= 0.6 is 0 Å². The molecular formula is C19H19F4N5. The largest absolute Gasteiger partial charge is 0.417 e. The minimum Gasteiger partial charge on any atom is -0.354 e. The first-order valence-electron chi connectivity index (χ1n) is 9.01. The van der Waals surface area contributed by atoms with E-state index >= 15 is 0 Å². The Morgan fingerprint density at radius 3 is 2.39 bits per heavy atom. The zero-order chi connectivity index (χ0) is 19.7. The van der Waals surface area contributed by atoms with Crippen molar-refractivity contribution in [1.29, 1.82) is 0 Å². The number of piperazine rings is 1. The Morgan fingerprint density at radius 2 is 1.71 bits per heavy atom. The monoisotopic (exact) mass is 393 g/mol. The second-order valence-electron chi connectivity index (χ2n) is 6.80. The van der Waals surface area contributed by atoms with E-state index in [0.29, 0.717) is 24.4 Å². The van der Waals surface area contributed by atoms with Gasteiger partial charge in [-0.25, -0.2) is 14.4 Å². The molecule has 148 valence electrons. The standard InChI is InChI=1S/C19H19F4N5/c20-15-2-3-17-16(11-15)25-13-28(17)10-7-26-5-8-27(9-6-26)18-4-1-14(12-24-18)19(21,22)23/h1-4,11-13H,5-10H2. The third-order valence-corrected chi connectivity index (χ3v) is 5.01. The van der Waals surface area contributed by atoms with E-state index in [1.807, 2.05) is 9.47 Å². The molecule has 0 N–H and O–H groups in total. The van der Waals surface area contributed by atoms with E-state index in [1.54, 1.807) is 12.4 Å². The first kappa shape index (κ1) is 18.7. The van der Waals surface area contributed by atoms with E-state index in [0.717, 1.165) is 44.0 Å². The maximum absolute atomic E-state index is 13.3. The fourth-order valence-corrected chi connectivity index (χ4v) is 3.41. The Labute approximate surface area is 159 Å². The summed E-state index contributed by atoms with van der Waals surface area (Å²) in [6.45, 7) is 4.55. The lowest BCUT2D eigenvalue weighted by Crippen LogP contribution is -2.47. The summed E-state index contributed by atoms with van der Waals surface area (Å²) in [7, 11) is 0. The third-order valence-electron chi connectivity index (χ3n) is 5.01. The van der Waals surface area contributed by atoms with E-state index in [-0.39, 0.29) is 5.82 Å². The van der Waals surface area contributed by atoms with Crippen molar-refractivity contribution in [1.82, 2.24) is 19.4 Å². The van der Waals surface area contributed by atoms with Gasteiger partial charge in [0.2, 0.25) is 0 Å². The summed E-state index contributed by atoms with van der Waals surface area (Å²) >= 11 is 0. The van der Waals surface area contributed by atoms with Crippen LogP contribution in [0.1, 0.15) is 5.56 Å². The third kappa shape index (κ3) is 3.94. The Balaban J connectivity index is 1.31. The van der Waals surface area contributed by atoms with E-state index in [1.165, 1.54) is 18.2 Å². The van der Waals surface area contributed by atoms with Crippen LogP contribution in [0.3, 0.4) is 0 Å². The fourth-order valence-electron chi connectivity index (χ4n) is 3.41. The second-order valence-corrected chi connectivity index (χ2v) is 6.80. The highest BCUT2D eigenvalue weighted by Gasteiger charge is 2.31. The summed E-state index contributed by atoms with van der Waals surface area (Å²) in [5.41, 5.74) is 0.800. The number of halogens is 4. The Morgan fingerprint density at radius 1 is 0.929 bits per heavy atom. The molecule has 3 aromatic rings. The molecule has 0 atom stereocenters. The molecule has 2 aromatic heterocycles. The average Bonchev–Trinajstić information content (AvgIpc) is 3.08. The predicted molar refractivity (Wildman–Crippen MR) is 97.6 cm³/mol. The molecule has 1 saturated heterocycles. The molecule has 4 rings (SSSR count). The van der Waals surface area contributed by atoms with Gasteiger partial charge in [0, 0.05) is 51.5 Å². The molecule has 1 fully saturated rings. The lowest BCUT2D eigenvalue weighted by atomic mass is 10.2. The van der Waals surface area contributed by atoms with Gasteiger partial charge in [0.25, 0.3) is 0 Å². The number of anilines is 1. The number of fused-ring (bicyclic) bond motifs is 1. The van der Waals surface area contributed by atoms with Crippen LogP contribution in [-0.2, 0) is 12.7 Å². The van der Waals surface area contributed by atoms with Crippen molar-refractivity contribution in [3.05, 3.63) is 54.2 Å². The van der Waals surface area contributed by atoms with Crippen LogP contribution < -0.4 is 4.90 Å². The van der Waals surface area contributed by atoms with Crippen molar-refractivity contribution in [2.24, 2.45) is 0 Å². The SMILES string of the molecule is Fc1ccc2c(c1)ncn2CCN1CCN(c2ccc(C(F)(F)F)cn2)CC1. The van der Waals surface area contributed by atoms with Gasteiger partial charge in [-0.15, -0.1) is 0 Å². The average molecular weight is 393 g/mol. The van der Waals surface area contributed by atoms with Crippen molar-refractivity contribution < 1.29 is 17.6 Å². The van der Waals surface area contributed by atoms with Crippen LogP contribution in [-0.4, -0.2) is 52.2 Å². The van der Waals surface area contributed by atoms with Gasteiger partial charge in [0.05, 0.1) is 22.9 Å².